The van der Waals surface area contributed by atoms with E-state index in [2.05, 4.69) is 31.9 Å². The van der Waals surface area contributed by atoms with Gasteiger partial charge in [0.25, 0.3) is 0 Å². The SMILES string of the molecule is CCOc1ccc(C(Br)c2ccc(F)cc2Br)cc1. The van der Waals surface area contributed by atoms with Crippen LogP contribution in [0.3, 0.4) is 0 Å². The maximum absolute atomic E-state index is 13.1. The minimum Gasteiger partial charge on any atom is -0.494 e. The molecule has 0 saturated heterocycles. The summed E-state index contributed by atoms with van der Waals surface area (Å²) < 4.78 is 19.3. The normalized spacial score (nSPS) is 12.2. The molecule has 0 fully saturated rings. The molecule has 0 saturated carbocycles. The van der Waals surface area contributed by atoms with Gasteiger partial charge in [-0.15, -0.1) is 0 Å². The highest BCUT2D eigenvalue weighted by molar-refractivity contribution is 9.11. The van der Waals surface area contributed by atoms with Gasteiger partial charge < -0.3 is 4.74 Å². The number of alkyl halides is 1. The summed E-state index contributed by atoms with van der Waals surface area (Å²) in [5, 5.41) is 0. The number of ether oxygens (including phenoxy) is 1. The summed E-state index contributed by atoms with van der Waals surface area (Å²) in [4.78, 5) is 0.0122. The smallest absolute Gasteiger partial charge is 0.124 e. The Kier molecular flexibility index (Phi) is 4.99. The van der Waals surface area contributed by atoms with Gasteiger partial charge in [-0.3, -0.25) is 0 Å². The molecule has 0 N–H and O–H groups in total. The van der Waals surface area contributed by atoms with E-state index < -0.39 is 0 Å². The molecule has 0 aliphatic carbocycles. The second-order valence-corrected chi connectivity index (χ2v) is 5.80. The topological polar surface area (TPSA) is 9.23 Å². The van der Waals surface area contributed by atoms with Crippen LogP contribution in [-0.4, -0.2) is 6.61 Å². The van der Waals surface area contributed by atoms with Gasteiger partial charge in [0.15, 0.2) is 0 Å². The van der Waals surface area contributed by atoms with E-state index in [1.165, 1.54) is 12.1 Å². The molecule has 0 spiro atoms. The van der Waals surface area contributed by atoms with Crippen LogP contribution in [0.5, 0.6) is 5.75 Å². The summed E-state index contributed by atoms with van der Waals surface area (Å²) in [5.41, 5.74) is 2.08. The van der Waals surface area contributed by atoms with Gasteiger partial charge in [0.05, 0.1) is 11.4 Å². The Morgan fingerprint density at radius 2 is 1.84 bits per heavy atom. The van der Waals surface area contributed by atoms with Crippen molar-refractivity contribution >= 4 is 31.9 Å². The molecule has 0 bridgehead atoms. The van der Waals surface area contributed by atoms with Crippen molar-refractivity contribution in [2.45, 2.75) is 11.8 Å². The molecular formula is C15H13Br2FO. The Hall–Kier alpha value is -0.870. The molecular weight excluding hydrogens is 375 g/mol. The van der Waals surface area contributed by atoms with Crippen LogP contribution in [0.1, 0.15) is 22.9 Å². The molecule has 100 valence electrons. The zero-order chi connectivity index (χ0) is 13.8. The van der Waals surface area contributed by atoms with Crippen LogP contribution in [0.4, 0.5) is 4.39 Å². The van der Waals surface area contributed by atoms with E-state index >= 15 is 0 Å². The molecule has 0 aromatic heterocycles. The zero-order valence-corrected chi connectivity index (χ0v) is 13.5. The largest absolute Gasteiger partial charge is 0.494 e. The quantitative estimate of drug-likeness (QED) is 0.632. The van der Waals surface area contributed by atoms with Crippen molar-refractivity contribution in [1.29, 1.82) is 0 Å². The third kappa shape index (κ3) is 3.57. The third-order valence-electron chi connectivity index (χ3n) is 2.72. The average Bonchev–Trinajstić information content (AvgIpc) is 2.39. The highest BCUT2D eigenvalue weighted by Crippen LogP contribution is 2.36. The molecule has 0 radical (unpaired) electrons. The Morgan fingerprint density at radius 3 is 2.42 bits per heavy atom. The highest BCUT2D eigenvalue weighted by atomic mass is 79.9. The molecule has 2 aromatic carbocycles. The van der Waals surface area contributed by atoms with Gasteiger partial charge >= 0.3 is 0 Å². The second kappa shape index (κ2) is 6.53. The lowest BCUT2D eigenvalue weighted by atomic mass is 10.0. The number of rotatable bonds is 4. The van der Waals surface area contributed by atoms with Crippen molar-refractivity contribution in [3.05, 3.63) is 63.9 Å². The van der Waals surface area contributed by atoms with Crippen molar-refractivity contribution < 1.29 is 9.13 Å². The van der Waals surface area contributed by atoms with Gasteiger partial charge in [0, 0.05) is 4.47 Å². The van der Waals surface area contributed by atoms with Crippen LogP contribution in [0, 0.1) is 5.82 Å². The van der Waals surface area contributed by atoms with Crippen LogP contribution >= 0.6 is 31.9 Å². The van der Waals surface area contributed by atoms with E-state index in [1.54, 1.807) is 6.07 Å². The maximum Gasteiger partial charge on any atom is 0.124 e. The van der Waals surface area contributed by atoms with Gasteiger partial charge in [-0.1, -0.05) is 50.1 Å². The highest BCUT2D eigenvalue weighted by Gasteiger charge is 2.14. The Bertz CT molecular complexity index is 555. The predicted molar refractivity (Wildman–Crippen MR) is 82.5 cm³/mol. The van der Waals surface area contributed by atoms with E-state index in [0.717, 1.165) is 21.3 Å². The lowest BCUT2D eigenvalue weighted by Crippen LogP contribution is -1.96. The van der Waals surface area contributed by atoms with Crippen LogP contribution in [0.15, 0.2) is 46.9 Å². The molecule has 0 aliphatic rings. The van der Waals surface area contributed by atoms with Gasteiger partial charge in [0.2, 0.25) is 0 Å². The van der Waals surface area contributed by atoms with Gasteiger partial charge in [-0.2, -0.15) is 0 Å². The first-order valence-electron chi connectivity index (χ1n) is 5.93. The van der Waals surface area contributed by atoms with Crippen molar-refractivity contribution in [3.63, 3.8) is 0 Å². The van der Waals surface area contributed by atoms with E-state index in [9.17, 15) is 4.39 Å². The molecule has 0 aliphatic heterocycles. The molecule has 1 nitrogen and oxygen atoms in total. The van der Waals surface area contributed by atoms with Crippen LogP contribution < -0.4 is 4.74 Å². The van der Waals surface area contributed by atoms with Gasteiger partial charge in [-0.05, 0) is 42.3 Å². The first-order chi connectivity index (χ1) is 9.11. The first kappa shape index (κ1) is 14.5. The molecule has 4 heteroatoms. The van der Waals surface area contributed by atoms with E-state index in [1.807, 2.05) is 31.2 Å². The second-order valence-electron chi connectivity index (χ2n) is 4.03. The Balaban J connectivity index is 2.25. The van der Waals surface area contributed by atoms with Crippen LogP contribution in [-0.2, 0) is 0 Å². The third-order valence-corrected chi connectivity index (χ3v) is 4.43. The Labute approximate surface area is 129 Å². The summed E-state index contributed by atoms with van der Waals surface area (Å²) >= 11 is 7.03. The maximum atomic E-state index is 13.1. The van der Waals surface area contributed by atoms with Crippen molar-refractivity contribution in [3.8, 4) is 5.75 Å². The van der Waals surface area contributed by atoms with Crippen molar-refractivity contribution in [1.82, 2.24) is 0 Å². The number of hydrogen-bond donors (Lipinski definition) is 0. The molecule has 1 unspecified atom stereocenters. The molecule has 1 atom stereocenters. The molecule has 19 heavy (non-hydrogen) atoms. The summed E-state index contributed by atoms with van der Waals surface area (Å²) in [7, 11) is 0. The summed E-state index contributed by atoms with van der Waals surface area (Å²) in [6.45, 7) is 2.61. The average molecular weight is 388 g/mol. The monoisotopic (exact) mass is 386 g/mol. The van der Waals surface area contributed by atoms with E-state index in [-0.39, 0.29) is 10.6 Å². The predicted octanol–water partition coefficient (Wildman–Crippen LogP) is 5.47. The number of hydrogen-bond acceptors (Lipinski definition) is 1. The first-order valence-corrected chi connectivity index (χ1v) is 7.64. The minimum absolute atomic E-state index is 0.0122. The Morgan fingerprint density at radius 1 is 1.16 bits per heavy atom. The molecule has 2 rings (SSSR count). The fourth-order valence-electron chi connectivity index (χ4n) is 1.79. The number of benzene rings is 2. The van der Waals surface area contributed by atoms with Crippen LogP contribution in [0.2, 0.25) is 0 Å². The lowest BCUT2D eigenvalue weighted by molar-refractivity contribution is 0.340. The van der Waals surface area contributed by atoms with E-state index in [0.29, 0.717) is 6.61 Å². The zero-order valence-electron chi connectivity index (χ0n) is 10.4. The lowest BCUT2D eigenvalue weighted by Gasteiger charge is -2.13. The fraction of sp³-hybridized carbons (Fsp3) is 0.200. The standard InChI is InChI=1S/C15H13Br2FO/c1-2-19-12-6-3-10(4-7-12)15(17)13-8-5-11(18)9-14(13)16/h3-9,15H,2H2,1H3. The van der Waals surface area contributed by atoms with E-state index in [4.69, 9.17) is 4.74 Å². The molecule has 0 heterocycles. The summed E-state index contributed by atoms with van der Waals surface area (Å²) in [5.74, 6) is 0.603. The summed E-state index contributed by atoms with van der Waals surface area (Å²) in [6.07, 6.45) is 0. The van der Waals surface area contributed by atoms with Gasteiger partial charge in [-0.25, -0.2) is 4.39 Å². The minimum atomic E-state index is -0.248. The fourth-order valence-corrected chi connectivity index (χ4v) is 3.38. The van der Waals surface area contributed by atoms with Gasteiger partial charge in [0.1, 0.15) is 11.6 Å². The molecule has 0 amide bonds. The molecule has 2 aromatic rings. The summed E-state index contributed by atoms with van der Waals surface area (Å²) in [6, 6.07) is 12.6. The van der Waals surface area contributed by atoms with Crippen molar-refractivity contribution in [2.24, 2.45) is 0 Å². The number of halogens is 3. The van der Waals surface area contributed by atoms with Crippen molar-refractivity contribution in [2.75, 3.05) is 6.61 Å². The van der Waals surface area contributed by atoms with Crippen LogP contribution in [0.25, 0.3) is 0 Å².